The first kappa shape index (κ1) is 17.0. The lowest BCUT2D eigenvalue weighted by Gasteiger charge is -2.19. The molecule has 0 amide bonds. The fourth-order valence-corrected chi connectivity index (χ4v) is 2.94. The predicted octanol–water partition coefficient (Wildman–Crippen LogP) is 5.30. The van der Waals surface area contributed by atoms with Crippen molar-refractivity contribution in [2.24, 2.45) is 5.84 Å². The van der Waals surface area contributed by atoms with Crippen LogP contribution in [0, 0.1) is 5.82 Å². The molecule has 112 valence electrons. The first-order chi connectivity index (χ1) is 9.93. The number of hydrazine groups is 1. The second kappa shape index (κ2) is 7.27. The topological polar surface area (TPSA) is 38.0 Å². The van der Waals surface area contributed by atoms with Crippen LogP contribution in [0.2, 0.25) is 15.1 Å². The molecule has 2 aromatic rings. The van der Waals surface area contributed by atoms with Crippen molar-refractivity contribution < 1.29 is 4.39 Å². The van der Waals surface area contributed by atoms with Gasteiger partial charge < -0.3 is 0 Å². The fourth-order valence-electron chi connectivity index (χ4n) is 1.98. The van der Waals surface area contributed by atoms with E-state index in [1.54, 1.807) is 30.3 Å². The molecule has 0 spiro atoms. The molecule has 7 heteroatoms. The van der Waals surface area contributed by atoms with Crippen LogP contribution in [0.1, 0.15) is 17.2 Å². The van der Waals surface area contributed by atoms with Crippen LogP contribution in [-0.2, 0) is 6.42 Å². The molecule has 0 heterocycles. The van der Waals surface area contributed by atoms with Crippen LogP contribution in [0.4, 0.5) is 4.39 Å². The quantitative estimate of drug-likeness (QED) is 0.407. The highest BCUT2D eigenvalue weighted by molar-refractivity contribution is 9.10. The molecular weight excluding hydrogens is 401 g/mol. The molecule has 0 aliphatic heterocycles. The normalized spacial score (nSPS) is 12.5. The third-order valence-electron chi connectivity index (χ3n) is 3.08. The molecule has 2 aromatic carbocycles. The zero-order valence-electron chi connectivity index (χ0n) is 10.6. The Hall–Kier alpha value is -0.360. The van der Waals surface area contributed by atoms with E-state index in [1.807, 2.05) is 0 Å². The van der Waals surface area contributed by atoms with Crippen molar-refractivity contribution in [1.29, 1.82) is 0 Å². The lowest BCUT2D eigenvalue weighted by Crippen LogP contribution is -2.30. The lowest BCUT2D eigenvalue weighted by molar-refractivity contribution is 0.510. The van der Waals surface area contributed by atoms with E-state index < -0.39 is 11.9 Å². The van der Waals surface area contributed by atoms with E-state index in [-0.39, 0.29) is 5.02 Å². The number of nitrogens with two attached hydrogens (primary N) is 1. The van der Waals surface area contributed by atoms with Gasteiger partial charge in [-0.15, -0.1) is 0 Å². The minimum atomic E-state index is -0.515. The van der Waals surface area contributed by atoms with Gasteiger partial charge in [0.05, 0.1) is 11.1 Å². The standard InChI is InChI=1S/C14H11BrCl3FN2/c15-10-4-3-9(14(19)13(10)18)12(21-20)5-7-1-2-8(16)6-11(7)17/h1-4,6,12,21H,5,20H2. The summed E-state index contributed by atoms with van der Waals surface area (Å²) in [5.74, 6) is 5.03. The van der Waals surface area contributed by atoms with Gasteiger partial charge in [0, 0.05) is 20.1 Å². The molecule has 0 radical (unpaired) electrons. The van der Waals surface area contributed by atoms with Crippen LogP contribution in [0.5, 0.6) is 0 Å². The SMILES string of the molecule is NNC(Cc1ccc(Cl)cc1Cl)c1ccc(Br)c(Cl)c1F. The Morgan fingerprint density at radius 3 is 2.52 bits per heavy atom. The smallest absolute Gasteiger partial charge is 0.147 e. The summed E-state index contributed by atoms with van der Waals surface area (Å²) >= 11 is 21.1. The summed E-state index contributed by atoms with van der Waals surface area (Å²) in [6.07, 6.45) is 0.404. The lowest BCUT2D eigenvalue weighted by atomic mass is 9.99. The van der Waals surface area contributed by atoms with Crippen molar-refractivity contribution in [2.45, 2.75) is 12.5 Å². The Balaban J connectivity index is 2.34. The van der Waals surface area contributed by atoms with Gasteiger partial charge in [-0.2, -0.15) is 0 Å². The number of rotatable bonds is 4. The van der Waals surface area contributed by atoms with Crippen LogP contribution in [-0.4, -0.2) is 0 Å². The van der Waals surface area contributed by atoms with E-state index in [2.05, 4.69) is 21.4 Å². The molecule has 0 aliphatic carbocycles. The number of nitrogens with one attached hydrogen (secondary N) is 1. The molecule has 0 bridgehead atoms. The van der Waals surface area contributed by atoms with Crippen molar-refractivity contribution in [3.05, 3.63) is 66.8 Å². The number of hydrogen-bond acceptors (Lipinski definition) is 2. The van der Waals surface area contributed by atoms with Crippen LogP contribution >= 0.6 is 50.7 Å². The van der Waals surface area contributed by atoms with Crippen LogP contribution in [0.25, 0.3) is 0 Å². The van der Waals surface area contributed by atoms with Crippen LogP contribution in [0.3, 0.4) is 0 Å². The first-order valence-electron chi connectivity index (χ1n) is 5.97. The molecule has 0 fully saturated rings. The van der Waals surface area contributed by atoms with E-state index in [4.69, 9.17) is 40.6 Å². The highest BCUT2D eigenvalue weighted by atomic mass is 79.9. The van der Waals surface area contributed by atoms with Gasteiger partial charge in [0.25, 0.3) is 0 Å². The summed E-state index contributed by atoms with van der Waals surface area (Å²) in [4.78, 5) is 0. The van der Waals surface area contributed by atoms with Gasteiger partial charge in [0.15, 0.2) is 0 Å². The molecule has 1 unspecified atom stereocenters. The van der Waals surface area contributed by atoms with Crippen molar-refractivity contribution in [1.82, 2.24) is 5.43 Å². The largest absolute Gasteiger partial charge is 0.271 e. The fraction of sp³-hybridized carbons (Fsp3) is 0.143. The molecule has 3 N–H and O–H groups in total. The van der Waals surface area contributed by atoms with Crippen molar-refractivity contribution in [3.8, 4) is 0 Å². The average Bonchev–Trinajstić information content (AvgIpc) is 2.45. The van der Waals surface area contributed by atoms with Gasteiger partial charge in [-0.3, -0.25) is 11.3 Å². The van der Waals surface area contributed by atoms with E-state index in [9.17, 15) is 4.39 Å². The minimum absolute atomic E-state index is 0.0231. The maximum Gasteiger partial charge on any atom is 0.147 e. The molecular formula is C14H11BrCl3FN2. The van der Waals surface area contributed by atoms with Gasteiger partial charge in [-0.1, -0.05) is 46.9 Å². The Labute approximate surface area is 145 Å². The van der Waals surface area contributed by atoms with E-state index in [1.165, 1.54) is 0 Å². The summed E-state index contributed by atoms with van der Waals surface area (Å²) in [6, 6.07) is 7.98. The van der Waals surface area contributed by atoms with Gasteiger partial charge >= 0.3 is 0 Å². The van der Waals surface area contributed by atoms with Gasteiger partial charge in [0.1, 0.15) is 5.82 Å². The van der Waals surface area contributed by atoms with Crippen molar-refractivity contribution in [2.75, 3.05) is 0 Å². The highest BCUT2D eigenvalue weighted by Crippen LogP contribution is 2.32. The summed E-state index contributed by atoms with van der Waals surface area (Å²) < 4.78 is 14.7. The first-order valence-corrected chi connectivity index (χ1v) is 7.90. The minimum Gasteiger partial charge on any atom is -0.271 e. The second-order valence-corrected chi connectivity index (χ2v) is 6.50. The molecule has 0 saturated heterocycles. The molecule has 1 atom stereocenters. The van der Waals surface area contributed by atoms with E-state index in [0.717, 1.165) is 5.56 Å². The Morgan fingerprint density at radius 2 is 1.90 bits per heavy atom. The number of benzene rings is 2. The number of halogens is 5. The summed E-state index contributed by atoms with van der Waals surface area (Å²) in [6.45, 7) is 0. The monoisotopic (exact) mass is 410 g/mol. The van der Waals surface area contributed by atoms with Crippen molar-refractivity contribution >= 4 is 50.7 Å². The van der Waals surface area contributed by atoms with Gasteiger partial charge in [-0.05, 0) is 46.1 Å². The molecule has 0 saturated carbocycles. The average molecular weight is 413 g/mol. The van der Waals surface area contributed by atoms with Crippen molar-refractivity contribution in [3.63, 3.8) is 0 Å². The number of hydrogen-bond donors (Lipinski definition) is 2. The van der Waals surface area contributed by atoms with Crippen LogP contribution in [0.15, 0.2) is 34.8 Å². The summed E-state index contributed by atoms with van der Waals surface area (Å²) in [5, 5.41) is 1.07. The molecule has 2 rings (SSSR count). The van der Waals surface area contributed by atoms with Gasteiger partial charge in [0.2, 0.25) is 0 Å². The Bertz CT molecular complexity index is 667. The summed E-state index contributed by atoms with van der Waals surface area (Å²) in [7, 11) is 0. The molecule has 0 aliphatic rings. The Kier molecular flexibility index (Phi) is 5.88. The van der Waals surface area contributed by atoms with E-state index >= 15 is 0 Å². The predicted molar refractivity (Wildman–Crippen MR) is 89.3 cm³/mol. The Morgan fingerprint density at radius 1 is 1.19 bits per heavy atom. The third-order valence-corrected chi connectivity index (χ3v) is 4.93. The molecule has 0 aromatic heterocycles. The van der Waals surface area contributed by atoms with Crippen LogP contribution < -0.4 is 11.3 Å². The third kappa shape index (κ3) is 3.89. The highest BCUT2D eigenvalue weighted by Gasteiger charge is 2.19. The zero-order valence-corrected chi connectivity index (χ0v) is 14.5. The molecule has 21 heavy (non-hydrogen) atoms. The second-order valence-electron chi connectivity index (χ2n) is 4.42. The molecule has 2 nitrogen and oxygen atoms in total. The van der Waals surface area contributed by atoms with Gasteiger partial charge in [-0.25, -0.2) is 4.39 Å². The maximum atomic E-state index is 14.3. The maximum absolute atomic E-state index is 14.3. The zero-order chi connectivity index (χ0) is 15.6. The van der Waals surface area contributed by atoms with E-state index in [0.29, 0.717) is 26.5 Å². The summed E-state index contributed by atoms with van der Waals surface area (Å²) in [5.41, 5.74) is 3.77.